The number of hydrogen-bond donors (Lipinski definition) is 1. The Morgan fingerprint density at radius 3 is 2.78 bits per heavy atom. The largest absolute Gasteiger partial charge is 0.460 e. The summed E-state index contributed by atoms with van der Waals surface area (Å²) in [6.45, 7) is 5.56. The fourth-order valence-corrected chi connectivity index (χ4v) is 5.16. The van der Waals surface area contributed by atoms with Crippen LogP contribution in [0.15, 0.2) is 11.6 Å². The van der Waals surface area contributed by atoms with Crippen molar-refractivity contribution in [3.63, 3.8) is 0 Å². The highest BCUT2D eigenvalue weighted by atomic mass is 16.7. The van der Waals surface area contributed by atoms with Gasteiger partial charge in [-0.25, -0.2) is 0 Å². The van der Waals surface area contributed by atoms with Crippen LogP contribution in [0.3, 0.4) is 0 Å². The summed E-state index contributed by atoms with van der Waals surface area (Å²) in [5, 5.41) is 10.3. The van der Waals surface area contributed by atoms with E-state index < -0.39 is 22.5 Å². The maximum atomic E-state index is 12.4. The predicted octanol–water partition coefficient (Wildman–Crippen LogP) is 0.762. The van der Waals surface area contributed by atoms with E-state index in [2.05, 4.69) is 0 Å². The minimum absolute atomic E-state index is 0.0327. The van der Waals surface area contributed by atoms with Crippen LogP contribution >= 0.6 is 0 Å². The molecule has 1 N–H and O–H groups in total. The van der Waals surface area contributed by atoms with Gasteiger partial charge in [0, 0.05) is 24.2 Å². The molecule has 0 aromatic carbocycles. The van der Waals surface area contributed by atoms with Crippen molar-refractivity contribution in [3.8, 4) is 0 Å². The van der Waals surface area contributed by atoms with Crippen LogP contribution in [0.5, 0.6) is 0 Å². The Morgan fingerprint density at radius 1 is 1.52 bits per heavy atom. The van der Waals surface area contributed by atoms with Gasteiger partial charge in [0.2, 0.25) is 0 Å². The average Bonchev–Trinajstić information content (AvgIpc) is 3.24. The third-order valence-corrected chi connectivity index (χ3v) is 6.65. The summed E-state index contributed by atoms with van der Waals surface area (Å²) in [5.74, 6) is -0.320. The van der Waals surface area contributed by atoms with Crippen molar-refractivity contribution in [2.24, 2.45) is 10.8 Å². The molecule has 4 aliphatic rings. The Labute approximate surface area is 134 Å². The number of allylic oxidation sites excluding steroid dienone is 1. The second-order valence-electron chi connectivity index (χ2n) is 7.60. The third-order valence-electron chi connectivity index (χ3n) is 6.65. The van der Waals surface area contributed by atoms with Crippen molar-refractivity contribution in [3.05, 3.63) is 11.6 Å². The smallest absolute Gasteiger partial charge is 0.302 e. The first-order valence-electron chi connectivity index (χ1n) is 8.09. The number of carbonyl (C=O) groups excluding carboxylic acids is 2. The summed E-state index contributed by atoms with van der Waals surface area (Å²) in [5.41, 5.74) is -1.11. The maximum absolute atomic E-state index is 12.4. The molecule has 6 atom stereocenters. The van der Waals surface area contributed by atoms with Crippen LogP contribution in [0.1, 0.15) is 33.6 Å². The first kappa shape index (κ1) is 15.3. The number of aliphatic hydroxyl groups excluding tert-OH is 1. The molecule has 6 heteroatoms. The molecular weight excluding hydrogens is 300 g/mol. The van der Waals surface area contributed by atoms with Gasteiger partial charge in [0.25, 0.3) is 0 Å². The van der Waals surface area contributed by atoms with Crippen molar-refractivity contribution in [1.29, 1.82) is 0 Å². The van der Waals surface area contributed by atoms with Crippen LogP contribution in [-0.2, 0) is 23.8 Å². The standard InChI is InChI=1S/C17H22O6/c1-9-4-13-16(7-18,5-11(9)20)15(3)6-12(22-10(2)19)14(23-13)17(15)8-21-17/h4,12-14,18H,5-8H2,1-3H3/t12-,13-,14-,15-,16-,17?/m1/s1. The van der Waals surface area contributed by atoms with Gasteiger partial charge in [-0.3, -0.25) is 9.59 Å². The highest BCUT2D eigenvalue weighted by molar-refractivity contribution is 5.96. The number of aliphatic hydroxyl groups is 1. The summed E-state index contributed by atoms with van der Waals surface area (Å²) >= 11 is 0. The van der Waals surface area contributed by atoms with E-state index in [1.54, 1.807) is 6.92 Å². The van der Waals surface area contributed by atoms with Crippen molar-refractivity contribution in [2.45, 2.75) is 57.5 Å². The molecular formula is C17H22O6. The molecule has 2 heterocycles. The highest BCUT2D eigenvalue weighted by Crippen LogP contribution is 2.71. The summed E-state index contributed by atoms with van der Waals surface area (Å²) < 4.78 is 17.6. The highest BCUT2D eigenvalue weighted by Gasteiger charge is 2.82. The number of hydrogen-bond acceptors (Lipinski definition) is 6. The lowest BCUT2D eigenvalue weighted by atomic mass is 9.52. The number of rotatable bonds is 2. The zero-order valence-electron chi connectivity index (χ0n) is 13.6. The van der Waals surface area contributed by atoms with Crippen LogP contribution in [0.2, 0.25) is 0 Å². The minimum atomic E-state index is -0.731. The van der Waals surface area contributed by atoms with Gasteiger partial charge in [0.15, 0.2) is 5.78 Å². The van der Waals surface area contributed by atoms with Gasteiger partial charge in [0.1, 0.15) is 17.8 Å². The average molecular weight is 322 g/mol. The normalized spacial score (nSPS) is 50.5. The van der Waals surface area contributed by atoms with E-state index in [4.69, 9.17) is 14.2 Å². The lowest BCUT2D eigenvalue weighted by Gasteiger charge is -2.56. The van der Waals surface area contributed by atoms with Crippen molar-refractivity contribution in [1.82, 2.24) is 0 Å². The van der Waals surface area contributed by atoms with Gasteiger partial charge in [-0.05, 0) is 25.0 Å². The fourth-order valence-electron chi connectivity index (χ4n) is 5.16. The lowest BCUT2D eigenvalue weighted by Crippen LogP contribution is -2.65. The molecule has 2 aliphatic carbocycles. The molecule has 23 heavy (non-hydrogen) atoms. The number of epoxide rings is 1. The predicted molar refractivity (Wildman–Crippen MR) is 78.5 cm³/mol. The van der Waals surface area contributed by atoms with Crippen LogP contribution in [-0.4, -0.2) is 54.0 Å². The molecule has 2 bridgehead atoms. The van der Waals surface area contributed by atoms with Crippen molar-refractivity contribution >= 4 is 11.8 Å². The van der Waals surface area contributed by atoms with Gasteiger partial charge < -0.3 is 19.3 Å². The van der Waals surface area contributed by atoms with Gasteiger partial charge in [-0.2, -0.15) is 0 Å². The molecule has 126 valence electrons. The van der Waals surface area contributed by atoms with E-state index in [9.17, 15) is 14.7 Å². The number of carbonyl (C=O) groups is 2. The molecule has 0 radical (unpaired) electrons. The topological polar surface area (TPSA) is 85.4 Å². The number of fused-ring (bicyclic) bond motifs is 2. The summed E-state index contributed by atoms with van der Waals surface area (Å²) in [6.07, 6.45) is 1.47. The summed E-state index contributed by atoms with van der Waals surface area (Å²) in [6, 6.07) is 0. The van der Waals surface area contributed by atoms with Crippen LogP contribution in [0, 0.1) is 10.8 Å². The van der Waals surface area contributed by atoms with Crippen molar-refractivity contribution in [2.75, 3.05) is 13.2 Å². The third kappa shape index (κ3) is 1.64. The number of ether oxygens (including phenoxy) is 3. The second kappa shape index (κ2) is 4.43. The van der Waals surface area contributed by atoms with E-state index in [1.165, 1.54) is 6.92 Å². The van der Waals surface area contributed by atoms with Crippen LogP contribution in [0.25, 0.3) is 0 Å². The first-order valence-corrected chi connectivity index (χ1v) is 8.09. The zero-order valence-corrected chi connectivity index (χ0v) is 13.6. The second-order valence-corrected chi connectivity index (χ2v) is 7.60. The molecule has 2 saturated heterocycles. The SMILES string of the molecule is CC(=O)O[C@@H]1C[C@@]2(C)C3(CO3)[C@@H]1O[C@@H]1C=C(C)C(=O)C[C@@]12CO. The lowest BCUT2D eigenvalue weighted by molar-refractivity contribution is -0.217. The minimum Gasteiger partial charge on any atom is -0.460 e. The van der Waals surface area contributed by atoms with E-state index in [1.807, 2.05) is 13.0 Å². The van der Waals surface area contributed by atoms with Gasteiger partial charge in [-0.15, -0.1) is 0 Å². The van der Waals surface area contributed by atoms with Crippen LogP contribution in [0.4, 0.5) is 0 Å². The summed E-state index contributed by atoms with van der Waals surface area (Å²) in [7, 11) is 0. The van der Waals surface area contributed by atoms with Crippen molar-refractivity contribution < 1.29 is 28.9 Å². The molecule has 4 rings (SSSR count). The quantitative estimate of drug-likeness (QED) is 0.597. The molecule has 2 aliphatic heterocycles. The Bertz CT molecular complexity index is 621. The number of esters is 1. The number of Topliss-reactive ketones (excluding diaryl/α,β-unsaturated/α-hetero) is 1. The zero-order chi connectivity index (χ0) is 16.6. The van der Waals surface area contributed by atoms with E-state index in [0.717, 1.165) is 0 Å². The van der Waals surface area contributed by atoms with Crippen LogP contribution < -0.4 is 0 Å². The van der Waals surface area contributed by atoms with Gasteiger partial charge >= 0.3 is 5.97 Å². The Kier molecular flexibility index (Phi) is 2.95. The molecule has 1 unspecified atom stereocenters. The molecule has 0 aromatic rings. The van der Waals surface area contributed by atoms with Gasteiger partial charge in [-0.1, -0.05) is 6.92 Å². The molecule has 6 nitrogen and oxygen atoms in total. The Hall–Kier alpha value is -1.24. The summed E-state index contributed by atoms with van der Waals surface area (Å²) in [4.78, 5) is 23.8. The molecule has 1 saturated carbocycles. The maximum Gasteiger partial charge on any atom is 0.302 e. The monoisotopic (exact) mass is 322 g/mol. The Balaban J connectivity index is 1.83. The Morgan fingerprint density at radius 2 is 2.22 bits per heavy atom. The first-order chi connectivity index (χ1) is 10.8. The van der Waals surface area contributed by atoms with E-state index >= 15 is 0 Å². The fraction of sp³-hybridized carbons (Fsp3) is 0.765. The molecule has 0 amide bonds. The van der Waals surface area contributed by atoms with E-state index in [-0.39, 0.29) is 37.0 Å². The number of ketones is 1. The molecule has 0 aromatic heterocycles. The molecule has 1 spiro atoms. The molecule has 3 fully saturated rings. The van der Waals surface area contributed by atoms with Gasteiger partial charge in [0.05, 0.1) is 19.3 Å². The van der Waals surface area contributed by atoms with E-state index in [0.29, 0.717) is 18.6 Å².